The van der Waals surface area contributed by atoms with E-state index in [4.69, 9.17) is 16.3 Å². The van der Waals surface area contributed by atoms with Gasteiger partial charge in [0, 0.05) is 31.1 Å². The van der Waals surface area contributed by atoms with Gasteiger partial charge in [-0.3, -0.25) is 0 Å². The zero-order valence-electron chi connectivity index (χ0n) is 14.2. The molecule has 1 aromatic rings. The van der Waals surface area contributed by atoms with E-state index < -0.39 is 5.60 Å². The van der Waals surface area contributed by atoms with Crippen LogP contribution in [0, 0.1) is 0 Å². The van der Waals surface area contributed by atoms with Crippen LogP contribution in [0.1, 0.15) is 31.2 Å². The van der Waals surface area contributed by atoms with Crippen molar-refractivity contribution in [2.45, 2.75) is 37.7 Å². The van der Waals surface area contributed by atoms with Crippen LogP contribution in [0.25, 0.3) is 0 Å². The summed E-state index contributed by atoms with van der Waals surface area (Å²) in [6, 6.07) is 7.75. The lowest BCUT2D eigenvalue weighted by molar-refractivity contribution is 0.0453. The van der Waals surface area contributed by atoms with Gasteiger partial charge in [-0.05, 0) is 43.4 Å². The van der Waals surface area contributed by atoms with Crippen LogP contribution in [-0.2, 0) is 11.2 Å². The minimum atomic E-state index is -0.430. The molecule has 25 heavy (non-hydrogen) atoms. The molecule has 3 amide bonds. The van der Waals surface area contributed by atoms with Crippen LogP contribution in [0.5, 0.6) is 0 Å². The molecule has 1 aromatic carbocycles. The van der Waals surface area contributed by atoms with Crippen LogP contribution in [0.3, 0.4) is 0 Å². The summed E-state index contributed by atoms with van der Waals surface area (Å²) in [5.74, 6) is 0. The summed E-state index contributed by atoms with van der Waals surface area (Å²) in [5, 5.41) is 6.45. The maximum atomic E-state index is 12.3. The first-order valence-electron chi connectivity index (χ1n) is 8.80. The number of urea groups is 1. The first-order chi connectivity index (χ1) is 12.1. The summed E-state index contributed by atoms with van der Waals surface area (Å²) in [5.41, 5.74) is 0.784. The van der Waals surface area contributed by atoms with Crippen molar-refractivity contribution in [1.82, 2.24) is 15.5 Å². The number of nitrogens with one attached hydrogen (secondary N) is 2. The Bertz CT molecular complexity index is 622. The first kappa shape index (κ1) is 17.9. The smallest absolute Gasteiger partial charge is 0.407 e. The molecule has 2 aliphatic rings. The lowest BCUT2D eigenvalue weighted by atomic mass is 9.95. The van der Waals surface area contributed by atoms with E-state index in [0.29, 0.717) is 32.6 Å². The van der Waals surface area contributed by atoms with Gasteiger partial charge >= 0.3 is 12.1 Å². The van der Waals surface area contributed by atoms with Crippen LogP contribution in [0.15, 0.2) is 24.3 Å². The van der Waals surface area contributed by atoms with Gasteiger partial charge in [0.2, 0.25) is 0 Å². The number of likely N-dealkylation sites (tertiary alicyclic amines) is 1. The van der Waals surface area contributed by atoms with Gasteiger partial charge in [0.1, 0.15) is 5.60 Å². The second-order valence-electron chi connectivity index (χ2n) is 6.73. The zero-order valence-corrected chi connectivity index (χ0v) is 15.0. The van der Waals surface area contributed by atoms with Crippen LogP contribution in [0.2, 0.25) is 5.02 Å². The molecule has 1 atom stereocenters. The Morgan fingerprint density at radius 2 is 2.08 bits per heavy atom. The minimum Gasteiger partial charge on any atom is -0.441 e. The number of alkyl carbamates (subject to hydrolysis) is 1. The highest BCUT2D eigenvalue weighted by Gasteiger charge is 2.41. The van der Waals surface area contributed by atoms with E-state index >= 15 is 0 Å². The van der Waals surface area contributed by atoms with Crippen molar-refractivity contribution >= 4 is 23.7 Å². The molecule has 0 aliphatic carbocycles. The van der Waals surface area contributed by atoms with Crippen molar-refractivity contribution in [1.29, 1.82) is 0 Å². The van der Waals surface area contributed by atoms with Gasteiger partial charge in [-0.1, -0.05) is 23.7 Å². The number of nitrogens with zero attached hydrogens (tertiary/aromatic N) is 1. The molecule has 2 N–H and O–H groups in total. The molecule has 0 saturated carbocycles. The number of aryl methyl sites for hydroxylation is 1. The molecule has 2 saturated heterocycles. The number of halogens is 1. The normalized spacial score (nSPS) is 23.1. The summed E-state index contributed by atoms with van der Waals surface area (Å²) in [4.78, 5) is 25.5. The molecule has 0 bridgehead atoms. The summed E-state index contributed by atoms with van der Waals surface area (Å²) in [6.45, 7) is 2.49. The molecule has 2 aliphatic heterocycles. The van der Waals surface area contributed by atoms with Crippen molar-refractivity contribution in [2.24, 2.45) is 0 Å². The summed E-state index contributed by atoms with van der Waals surface area (Å²) in [6.07, 6.45) is 3.76. The molecule has 0 unspecified atom stereocenters. The van der Waals surface area contributed by atoms with Crippen LogP contribution in [-0.4, -0.2) is 48.8 Å². The molecule has 3 rings (SSSR count). The molecule has 0 radical (unpaired) electrons. The Morgan fingerprint density at radius 1 is 1.28 bits per heavy atom. The molecule has 7 heteroatoms. The number of hydrogen-bond acceptors (Lipinski definition) is 3. The Balaban J connectivity index is 1.39. The third-order valence-electron chi connectivity index (χ3n) is 4.88. The fourth-order valence-corrected chi connectivity index (χ4v) is 3.53. The third-order valence-corrected chi connectivity index (χ3v) is 5.13. The van der Waals surface area contributed by atoms with E-state index in [0.717, 1.165) is 30.7 Å². The fraction of sp³-hybridized carbons (Fsp3) is 0.556. The van der Waals surface area contributed by atoms with Crippen LogP contribution >= 0.6 is 11.6 Å². The summed E-state index contributed by atoms with van der Waals surface area (Å²) in [7, 11) is 0. The second-order valence-corrected chi connectivity index (χ2v) is 7.17. The molecule has 6 nitrogen and oxygen atoms in total. The first-order valence-corrected chi connectivity index (χ1v) is 9.18. The summed E-state index contributed by atoms with van der Waals surface area (Å²) < 4.78 is 5.44. The van der Waals surface area contributed by atoms with Crippen molar-refractivity contribution < 1.29 is 14.3 Å². The van der Waals surface area contributed by atoms with Crippen molar-refractivity contribution in [3.8, 4) is 0 Å². The lowest BCUT2D eigenvalue weighted by Gasteiger charge is -2.25. The number of hydrogen-bond donors (Lipinski definition) is 2. The van der Waals surface area contributed by atoms with E-state index in [1.165, 1.54) is 5.56 Å². The highest BCUT2D eigenvalue weighted by atomic mass is 35.5. The number of carbonyl (C=O) groups excluding carboxylic acids is 2. The molecule has 1 spiro atoms. The van der Waals surface area contributed by atoms with Crippen molar-refractivity contribution in [2.75, 3.05) is 26.2 Å². The predicted molar refractivity (Wildman–Crippen MR) is 95.8 cm³/mol. The minimum absolute atomic E-state index is 0.0366. The third kappa shape index (κ3) is 4.78. The Morgan fingerprint density at radius 3 is 2.80 bits per heavy atom. The summed E-state index contributed by atoms with van der Waals surface area (Å²) >= 11 is 5.87. The lowest BCUT2D eigenvalue weighted by Crippen LogP contribution is -2.42. The van der Waals surface area contributed by atoms with E-state index in [9.17, 15) is 9.59 Å². The molecule has 2 fully saturated rings. The standard InChI is InChI=1S/C18H24ClN3O3/c19-15-6-4-14(5-7-15)3-1-10-20-16(23)22-11-2-8-18(9-12-22)13-21-17(24)25-18/h4-7H,1-3,8-13H2,(H,20,23)(H,21,24)/t18-/m0/s1. The topological polar surface area (TPSA) is 70.7 Å². The Labute approximate surface area is 152 Å². The Kier molecular flexibility index (Phi) is 5.68. The van der Waals surface area contributed by atoms with E-state index in [2.05, 4.69) is 10.6 Å². The molecular formula is C18H24ClN3O3. The average molecular weight is 366 g/mol. The number of ether oxygens (including phenoxy) is 1. The van der Waals surface area contributed by atoms with Crippen molar-refractivity contribution in [3.63, 3.8) is 0 Å². The van der Waals surface area contributed by atoms with Gasteiger partial charge in [-0.15, -0.1) is 0 Å². The number of benzene rings is 1. The highest BCUT2D eigenvalue weighted by Crippen LogP contribution is 2.29. The van der Waals surface area contributed by atoms with Gasteiger partial charge in [0.15, 0.2) is 0 Å². The van der Waals surface area contributed by atoms with E-state index in [-0.39, 0.29) is 12.1 Å². The number of amides is 3. The molecule has 136 valence electrons. The van der Waals surface area contributed by atoms with Gasteiger partial charge in [0.25, 0.3) is 0 Å². The highest BCUT2D eigenvalue weighted by molar-refractivity contribution is 6.30. The quantitative estimate of drug-likeness (QED) is 0.806. The van der Waals surface area contributed by atoms with Gasteiger partial charge in [-0.25, -0.2) is 9.59 Å². The van der Waals surface area contributed by atoms with Gasteiger partial charge in [-0.2, -0.15) is 0 Å². The monoisotopic (exact) mass is 365 g/mol. The predicted octanol–water partition coefficient (Wildman–Crippen LogP) is 2.95. The van der Waals surface area contributed by atoms with Crippen LogP contribution < -0.4 is 10.6 Å². The fourth-order valence-electron chi connectivity index (χ4n) is 3.40. The zero-order chi connectivity index (χ0) is 17.7. The maximum absolute atomic E-state index is 12.3. The largest absolute Gasteiger partial charge is 0.441 e. The van der Waals surface area contributed by atoms with Crippen molar-refractivity contribution in [3.05, 3.63) is 34.9 Å². The van der Waals surface area contributed by atoms with Gasteiger partial charge in [0.05, 0.1) is 6.54 Å². The van der Waals surface area contributed by atoms with Crippen LogP contribution in [0.4, 0.5) is 9.59 Å². The molecular weight excluding hydrogens is 342 g/mol. The average Bonchev–Trinajstić information content (AvgIpc) is 2.84. The SMILES string of the molecule is O=C1NC[C@@]2(CCCN(C(=O)NCCCc3ccc(Cl)cc3)CC2)O1. The molecule has 2 heterocycles. The van der Waals surface area contributed by atoms with E-state index in [1.807, 2.05) is 29.2 Å². The second kappa shape index (κ2) is 7.95. The number of rotatable bonds is 4. The molecule has 0 aromatic heterocycles. The maximum Gasteiger partial charge on any atom is 0.407 e. The number of carbonyl (C=O) groups is 2. The Hall–Kier alpha value is -1.95. The van der Waals surface area contributed by atoms with E-state index in [1.54, 1.807) is 0 Å². The van der Waals surface area contributed by atoms with Gasteiger partial charge < -0.3 is 20.3 Å².